The van der Waals surface area contributed by atoms with E-state index in [1.165, 1.54) is 0 Å². The summed E-state index contributed by atoms with van der Waals surface area (Å²) < 4.78 is 1.56. The summed E-state index contributed by atoms with van der Waals surface area (Å²) in [6.07, 6.45) is 5.98. The van der Waals surface area contributed by atoms with Crippen LogP contribution >= 0.6 is 0 Å². The standard InChI is InChI=1S/C13H20N2O3/c1-9-6-15(13(18)14-12(9)17)7-10-4-2-3-5-11(10)8-16/h6,10-11,16H,2-5,7-8H2,1H3,(H,14,17,18). The highest BCUT2D eigenvalue weighted by atomic mass is 16.3. The van der Waals surface area contributed by atoms with E-state index in [9.17, 15) is 14.7 Å². The Morgan fingerprint density at radius 3 is 2.67 bits per heavy atom. The highest BCUT2D eigenvalue weighted by molar-refractivity contribution is 5.01. The van der Waals surface area contributed by atoms with Crippen LogP contribution in [0.3, 0.4) is 0 Å². The summed E-state index contributed by atoms with van der Waals surface area (Å²) in [5.74, 6) is 0.602. The number of aromatic amines is 1. The third-order valence-electron chi connectivity index (χ3n) is 3.92. The summed E-state index contributed by atoms with van der Waals surface area (Å²) in [6.45, 7) is 2.46. The molecule has 0 spiro atoms. The summed E-state index contributed by atoms with van der Waals surface area (Å²) in [4.78, 5) is 25.3. The normalized spacial score (nSPS) is 24.1. The Balaban J connectivity index is 2.20. The van der Waals surface area contributed by atoms with Crippen LogP contribution in [0.1, 0.15) is 31.2 Å². The number of hydrogen-bond acceptors (Lipinski definition) is 3. The molecule has 2 atom stereocenters. The minimum Gasteiger partial charge on any atom is -0.396 e. The van der Waals surface area contributed by atoms with Crippen LogP contribution in [-0.2, 0) is 6.54 Å². The molecule has 1 aromatic heterocycles. The maximum absolute atomic E-state index is 11.7. The molecular weight excluding hydrogens is 232 g/mol. The Morgan fingerprint density at radius 2 is 2.00 bits per heavy atom. The fourth-order valence-corrected chi connectivity index (χ4v) is 2.77. The third-order valence-corrected chi connectivity index (χ3v) is 3.92. The number of nitrogens with one attached hydrogen (secondary N) is 1. The van der Waals surface area contributed by atoms with Crippen molar-refractivity contribution in [2.24, 2.45) is 11.8 Å². The molecule has 1 aromatic rings. The van der Waals surface area contributed by atoms with E-state index < -0.39 is 0 Å². The quantitative estimate of drug-likeness (QED) is 0.829. The van der Waals surface area contributed by atoms with E-state index in [0.717, 1.165) is 25.7 Å². The second-order valence-electron chi connectivity index (χ2n) is 5.21. The van der Waals surface area contributed by atoms with Gasteiger partial charge in [-0.15, -0.1) is 0 Å². The van der Waals surface area contributed by atoms with Crippen LogP contribution < -0.4 is 11.2 Å². The molecule has 1 aliphatic carbocycles. The van der Waals surface area contributed by atoms with Gasteiger partial charge < -0.3 is 9.67 Å². The van der Waals surface area contributed by atoms with Gasteiger partial charge in [-0.25, -0.2) is 4.79 Å². The molecule has 0 aromatic carbocycles. The van der Waals surface area contributed by atoms with Gasteiger partial charge in [-0.2, -0.15) is 0 Å². The topological polar surface area (TPSA) is 75.1 Å². The minimum atomic E-state index is -0.354. The molecule has 2 rings (SSSR count). The van der Waals surface area contributed by atoms with E-state index in [0.29, 0.717) is 18.0 Å². The van der Waals surface area contributed by atoms with Crippen molar-refractivity contribution >= 4 is 0 Å². The lowest BCUT2D eigenvalue weighted by molar-refractivity contribution is 0.122. The Labute approximate surface area is 105 Å². The molecule has 0 saturated heterocycles. The van der Waals surface area contributed by atoms with E-state index in [4.69, 9.17) is 0 Å². The summed E-state index contributed by atoms with van der Waals surface area (Å²) in [5, 5.41) is 9.36. The summed E-state index contributed by atoms with van der Waals surface area (Å²) in [6, 6.07) is 0. The van der Waals surface area contributed by atoms with Crippen LogP contribution in [0, 0.1) is 18.8 Å². The summed E-state index contributed by atoms with van der Waals surface area (Å²) >= 11 is 0. The van der Waals surface area contributed by atoms with Crippen LogP contribution in [-0.4, -0.2) is 21.3 Å². The predicted molar refractivity (Wildman–Crippen MR) is 68.6 cm³/mol. The first kappa shape index (κ1) is 13.1. The molecule has 0 amide bonds. The molecule has 1 aliphatic rings. The van der Waals surface area contributed by atoms with Gasteiger partial charge in [0.25, 0.3) is 5.56 Å². The maximum Gasteiger partial charge on any atom is 0.328 e. The Kier molecular flexibility index (Phi) is 4.01. The van der Waals surface area contributed by atoms with Crippen molar-refractivity contribution in [3.8, 4) is 0 Å². The first-order valence-corrected chi connectivity index (χ1v) is 6.53. The Hall–Kier alpha value is -1.36. The van der Waals surface area contributed by atoms with Crippen molar-refractivity contribution in [1.82, 2.24) is 9.55 Å². The van der Waals surface area contributed by atoms with Crippen molar-refractivity contribution in [3.63, 3.8) is 0 Å². The molecule has 2 N–H and O–H groups in total. The van der Waals surface area contributed by atoms with Crippen LogP contribution in [0.15, 0.2) is 15.8 Å². The predicted octanol–water partition coefficient (Wildman–Crippen LogP) is 0.644. The Morgan fingerprint density at radius 1 is 1.33 bits per heavy atom. The van der Waals surface area contributed by atoms with E-state index in [1.54, 1.807) is 17.7 Å². The average molecular weight is 252 g/mol. The van der Waals surface area contributed by atoms with Gasteiger partial charge in [0, 0.05) is 24.9 Å². The third kappa shape index (κ3) is 2.72. The van der Waals surface area contributed by atoms with Gasteiger partial charge >= 0.3 is 5.69 Å². The molecule has 1 heterocycles. The van der Waals surface area contributed by atoms with Crippen molar-refractivity contribution in [3.05, 3.63) is 32.6 Å². The molecule has 0 radical (unpaired) electrons. The molecular formula is C13H20N2O3. The average Bonchev–Trinajstić information content (AvgIpc) is 2.36. The zero-order chi connectivity index (χ0) is 13.1. The molecule has 2 unspecified atom stereocenters. The smallest absolute Gasteiger partial charge is 0.328 e. The molecule has 1 fully saturated rings. The lowest BCUT2D eigenvalue weighted by atomic mass is 9.79. The molecule has 0 bridgehead atoms. The SMILES string of the molecule is Cc1cn(CC2CCCCC2CO)c(=O)[nH]c1=O. The fraction of sp³-hybridized carbons (Fsp3) is 0.692. The second-order valence-corrected chi connectivity index (χ2v) is 5.21. The summed E-state index contributed by atoms with van der Waals surface area (Å²) in [7, 11) is 0. The molecule has 1 saturated carbocycles. The lowest BCUT2D eigenvalue weighted by Gasteiger charge is -2.30. The maximum atomic E-state index is 11.7. The van der Waals surface area contributed by atoms with Crippen molar-refractivity contribution in [1.29, 1.82) is 0 Å². The minimum absolute atomic E-state index is 0.182. The number of rotatable bonds is 3. The van der Waals surface area contributed by atoms with Gasteiger partial charge in [0.2, 0.25) is 0 Å². The second kappa shape index (κ2) is 5.52. The van der Waals surface area contributed by atoms with Gasteiger partial charge in [0.15, 0.2) is 0 Å². The largest absolute Gasteiger partial charge is 0.396 e. The number of H-pyrrole nitrogens is 1. The van der Waals surface area contributed by atoms with E-state index in [1.807, 2.05) is 0 Å². The monoisotopic (exact) mass is 252 g/mol. The van der Waals surface area contributed by atoms with Crippen molar-refractivity contribution in [2.75, 3.05) is 6.61 Å². The van der Waals surface area contributed by atoms with E-state index in [-0.39, 0.29) is 23.8 Å². The summed E-state index contributed by atoms with van der Waals surface area (Å²) in [5.41, 5.74) is -0.127. The molecule has 5 heteroatoms. The highest BCUT2D eigenvalue weighted by Crippen LogP contribution is 2.30. The van der Waals surface area contributed by atoms with Crippen LogP contribution in [0.5, 0.6) is 0 Å². The molecule has 18 heavy (non-hydrogen) atoms. The van der Waals surface area contributed by atoms with Gasteiger partial charge in [-0.05, 0) is 31.6 Å². The van der Waals surface area contributed by atoms with Crippen LogP contribution in [0.4, 0.5) is 0 Å². The number of aromatic nitrogens is 2. The van der Waals surface area contributed by atoms with Crippen molar-refractivity contribution in [2.45, 2.75) is 39.2 Å². The zero-order valence-corrected chi connectivity index (χ0v) is 10.7. The zero-order valence-electron chi connectivity index (χ0n) is 10.7. The first-order chi connectivity index (χ1) is 8.61. The van der Waals surface area contributed by atoms with E-state index in [2.05, 4.69) is 4.98 Å². The van der Waals surface area contributed by atoms with Gasteiger partial charge in [0.1, 0.15) is 0 Å². The van der Waals surface area contributed by atoms with Crippen LogP contribution in [0.25, 0.3) is 0 Å². The van der Waals surface area contributed by atoms with Gasteiger partial charge in [-0.1, -0.05) is 12.8 Å². The first-order valence-electron chi connectivity index (χ1n) is 6.53. The number of nitrogens with zero attached hydrogens (tertiary/aromatic N) is 1. The van der Waals surface area contributed by atoms with Gasteiger partial charge in [0.05, 0.1) is 0 Å². The Bertz CT molecular complexity index is 518. The highest BCUT2D eigenvalue weighted by Gasteiger charge is 2.25. The number of aliphatic hydroxyl groups excluding tert-OH is 1. The fourth-order valence-electron chi connectivity index (χ4n) is 2.77. The van der Waals surface area contributed by atoms with Crippen molar-refractivity contribution < 1.29 is 5.11 Å². The molecule has 5 nitrogen and oxygen atoms in total. The molecule has 0 aliphatic heterocycles. The number of hydrogen-bond donors (Lipinski definition) is 2. The van der Waals surface area contributed by atoms with E-state index >= 15 is 0 Å². The van der Waals surface area contributed by atoms with Crippen LogP contribution in [0.2, 0.25) is 0 Å². The molecule has 100 valence electrons. The van der Waals surface area contributed by atoms with Gasteiger partial charge in [-0.3, -0.25) is 9.78 Å². The number of aryl methyl sites for hydroxylation is 1. The lowest BCUT2D eigenvalue weighted by Crippen LogP contribution is -2.35. The number of aliphatic hydroxyl groups is 1.